The highest BCUT2D eigenvalue weighted by molar-refractivity contribution is 5.83. The molecule has 1 rings (SSSR count). The van der Waals surface area contributed by atoms with E-state index in [0.29, 0.717) is 18.7 Å². The Labute approximate surface area is 122 Å². The largest absolute Gasteiger partial charge is 0.480 e. The highest BCUT2D eigenvalue weighted by Gasteiger charge is 2.25. The van der Waals surface area contributed by atoms with Crippen LogP contribution in [0.1, 0.15) is 39.4 Å². The van der Waals surface area contributed by atoms with Crippen molar-refractivity contribution in [2.75, 3.05) is 0 Å². The summed E-state index contributed by atoms with van der Waals surface area (Å²) in [5, 5.41) is 27.7. The SMILES string of the molecule is CCC(NC(CC(C)C)C(=O)NCc1nnn[nH]1)C(=O)O. The van der Waals surface area contributed by atoms with E-state index in [2.05, 4.69) is 31.3 Å². The summed E-state index contributed by atoms with van der Waals surface area (Å²) >= 11 is 0. The van der Waals surface area contributed by atoms with Gasteiger partial charge in [0, 0.05) is 0 Å². The number of carbonyl (C=O) groups excluding carboxylic acids is 1. The minimum Gasteiger partial charge on any atom is -0.480 e. The van der Waals surface area contributed by atoms with Crippen molar-refractivity contribution < 1.29 is 14.7 Å². The number of tetrazole rings is 1. The Morgan fingerprint density at radius 1 is 1.33 bits per heavy atom. The van der Waals surface area contributed by atoms with E-state index in [1.54, 1.807) is 6.92 Å². The van der Waals surface area contributed by atoms with Crippen LogP contribution in [0.25, 0.3) is 0 Å². The van der Waals surface area contributed by atoms with Gasteiger partial charge in [-0.15, -0.1) is 5.10 Å². The third-order valence-corrected chi connectivity index (χ3v) is 2.95. The number of carboxylic acids is 1. The average Bonchev–Trinajstić information content (AvgIpc) is 2.93. The summed E-state index contributed by atoms with van der Waals surface area (Å²) in [5.41, 5.74) is 0. The number of nitrogens with one attached hydrogen (secondary N) is 3. The van der Waals surface area contributed by atoms with Gasteiger partial charge in [0.1, 0.15) is 6.04 Å². The van der Waals surface area contributed by atoms with Crippen molar-refractivity contribution in [2.45, 2.75) is 52.2 Å². The Morgan fingerprint density at radius 3 is 2.52 bits per heavy atom. The number of aromatic nitrogens is 4. The standard InChI is InChI=1S/C12H22N6O3/c1-4-8(12(20)21)14-9(5-7(2)3)11(19)13-6-10-15-17-18-16-10/h7-9,14H,4-6H2,1-3H3,(H,13,19)(H,20,21)(H,15,16,17,18). The van der Waals surface area contributed by atoms with Gasteiger partial charge in [0.05, 0.1) is 12.6 Å². The molecule has 2 atom stereocenters. The molecule has 9 heteroatoms. The van der Waals surface area contributed by atoms with Crippen LogP contribution in [-0.2, 0) is 16.1 Å². The van der Waals surface area contributed by atoms with Crippen molar-refractivity contribution in [1.82, 2.24) is 31.3 Å². The van der Waals surface area contributed by atoms with E-state index < -0.39 is 18.1 Å². The predicted octanol–water partition coefficient (Wildman–Crippen LogP) is -0.317. The first kappa shape index (κ1) is 17.0. The molecular formula is C12H22N6O3. The van der Waals surface area contributed by atoms with Crippen molar-refractivity contribution in [3.8, 4) is 0 Å². The highest BCUT2D eigenvalue weighted by atomic mass is 16.4. The molecule has 118 valence electrons. The van der Waals surface area contributed by atoms with E-state index in [1.807, 2.05) is 13.8 Å². The van der Waals surface area contributed by atoms with E-state index in [-0.39, 0.29) is 18.4 Å². The molecule has 1 aromatic rings. The second kappa shape index (κ2) is 8.30. The number of nitrogens with zero attached hydrogens (tertiary/aromatic N) is 3. The molecule has 9 nitrogen and oxygen atoms in total. The molecule has 0 aliphatic rings. The van der Waals surface area contributed by atoms with Gasteiger partial charge in [-0.05, 0) is 29.2 Å². The number of carboxylic acid groups (broad SMARTS) is 1. The molecule has 1 aromatic heterocycles. The first-order valence-corrected chi connectivity index (χ1v) is 6.93. The highest BCUT2D eigenvalue weighted by Crippen LogP contribution is 2.07. The van der Waals surface area contributed by atoms with Crippen LogP contribution in [-0.4, -0.2) is 49.7 Å². The van der Waals surface area contributed by atoms with Crippen molar-refractivity contribution in [1.29, 1.82) is 0 Å². The molecule has 0 bridgehead atoms. The third-order valence-electron chi connectivity index (χ3n) is 2.95. The summed E-state index contributed by atoms with van der Waals surface area (Å²) in [4.78, 5) is 23.3. The predicted molar refractivity (Wildman–Crippen MR) is 74.1 cm³/mol. The lowest BCUT2D eigenvalue weighted by molar-refractivity contribution is -0.140. The van der Waals surface area contributed by atoms with Crippen molar-refractivity contribution in [2.24, 2.45) is 5.92 Å². The maximum Gasteiger partial charge on any atom is 0.320 e. The molecule has 1 amide bonds. The molecule has 0 spiro atoms. The number of hydrogen-bond donors (Lipinski definition) is 4. The first-order valence-electron chi connectivity index (χ1n) is 6.93. The summed E-state index contributed by atoms with van der Waals surface area (Å²) in [5.74, 6) is -0.526. The molecule has 0 saturated carbocycles. The Kier molecular flexibility index (Phi) is 6.73. The number of rotatable bonds is 9. The number of H-pyrrole nitrogens is 1. The molecule has 0 aliphatic carbocycles. The van der Waals surface area contributed by atoms with E-state index >= 15 is 0 Å². The zero-order valence-electron chi connectivity index (χ0n) is 12.5. The maximum atomic E-state index is 12.2. The molecule has 0 radical (unpaired) electrons. The van der Waals surface area contributed by atoms with Crippen LogP contribution in [0.15, 0.2) is 0 Å². The van der Waals surface area contributed by atoms with E-state index in [9.17, 15) is 9.59 Å². The normalized spacial score (nSPS) is 13.9. The lowest BCUT2D eigenvalue weighted by atomic mass is 10.0. The fraction of sp³-hybridized carbons (Fsp3) is 0.750. The fourth-order valence-electron chi connectivity index (χ4n) is 1.88. The first-order chi connectivity index (χ1) is 9.93. The van der Waals surface area contributed by atoms with Gasteiger partial charge in [0.15, 0.2) is 5.82 Å². The average molecular weight is 298 g/mol. The van der Waals surface area contributed by atoms with Gasteiger partial charge < -0.3 is 10.4 Å². The summed E-state index contributed by atoms with van der Waals surface area (Å²) in [7, 11) is 0. The summed E-state index contributed by atoms with van der Waals surface area (Å²) in [6, 6.07) is -1.31. The lowest BCUT2D eigenvalue weighted by Gasteiger charge is -2.23. The number of aliphatic carboxylic acids is 1. The Hall–Kier alpha value is -2.03. The maximum absolute atomic E-state index is 12.2. The van der Waals surface area contributed by atoms with Crippen LogP contribution in [0.2, 0.25) is 0 Å². The lowest BCUT2D eigenvalue weighted by Crippen LogP contribution is -2.51. The zero-order valence-corrected chi connectivity index (χ0v) is 12.5. The Bertz CT molecular complexity index is 448. The van der Waals surface area contributed by atoms with Crippen molar-refractivity contribution in [3.63, 3.8) is 0 Å². The Morgan fingerprint density at radius 2 is 2.05 bits per heavy atom. The molecule has 1 heterocycles. The summed E-state index contributed by atoms with van der Waals surface area (Å²) < 4.78 is 0. The second-order valence-corrected chi connectivity index (χ2v) is 5.21. The van der Waals surface area contributed by atoms with Gasteiger partial charge >= 0.3 is 5.97 Å². The summed E-state index contributed by atoms with van der Waals surface area (Å²) in [6.07, 6.45) is 0.952. The molecule has 2 unspecified atom stereocenters. The topological polar surface area (TPSA) is 133 Å². The fourth-order valence-corrected chi connectivity index (χ4v) is 1.88. The quantitative estimate of drug-likeness (QED) is 0.491. The van der Waals surface area contributed by atoms with Gasteiger partial charge in [-0.3, -0.25) is 14.9 Å². The third kappa shape index (κ3) is 5.86. The minimum atomic E-state index is -0.960. The van der Waals surface area contributed by atoms with Gasteiger partial charge in [0.2, 0.25) is 5.91 Å². The molecule has 4 N–H and O–H groups in total. The van der Waals surface area contributed by atoms with Crippen LogP contribution in [0.3, 0.4) is 0 Å². The molecular weight excluding hydrogens is 276 g/mol. The van der Waals surface area contributed by atoms with Crippen LogP contribution in [0.5, 0.6) is 0 Å². The summed E-state index contributed by atoms with van der Waals surface area (Å²) in [6.45, 7) is 5.89. The molecule has 0 aliphatic heterocycles. The molecule has 0 fully saturated rings. The number of carbonyl (C=O) groups is 2. The molecule has 0 aromatic carbocycles. The molecule has 21 heavy (non-hydrogen) atoms. The van der Waals surface area contributed by atoms with E-state index in [1.165, 1.54) is 0 Å². The van der Waals surface area contributed by atoms with Crippen molar-refractivity contribution >= 4 is 11.9 Å². The van der Waals surface area contributed by atoms with Gasteiger partial charge in [-0.1, -0.05) is 20.8 Å². The monoisotopic (exact) mass is 298 g/mol. The number of aromatic amines is 1. The van der Waals surface area contributed by atoms with Crippen LogP contribution in [0, 0.1) is 5.92 Å². The smallest absolute Gasteiger partial charge is 0.320 e. The molecule has 0 saturated heterocycles. The van der Waals surface area contributed by atoms with Crippen LogP contribution < -0.4 is 10.6 Å². The van der Waals surface area contributed by atoms with Gasteiger partial charge in [-0.25, -0.2) is 5.10 Å². The van der Waals surface area contributed by atoms with Crippen LogP contribution >= 0.6 is 0 Å². The number of amides is 1. The van der Waals surface area contributed by atoms with Crippen LogP contribution in [0.4, 0.5) is 0 Å². The minimum absolute atomic E-state index is 0.173. The zero-order chi connectivity index (χ0) is 15.8. The van der Waals surface area contributed by atoms with Gasteiger partial charge in [0.25, 0.3) is 0 Å². The van der Waals surface area contributed by atoms with E-state index in [0.717, 1.165) is 0 Å². The van der Waals surface area contributed by atoms with E-state index in [4.69, 9.17) is 5.11 Å². The van der Waals surface area contributed by atoms with Gasteiger partial charge in [-0.2, -0.15) is 0 Å². The Balaban J connectivity index is 2.62. The number of hydrogen-bond acceptors (Lipinski definition) is 6. The van der Waals surface area contributed by atoms with Crippen molar-refractivity contribution in [3.05, 3.63) is 5.82 Å². The second-order valence-electron chi connectivity index (χ2n) is 5.21.